The lowest BCUT2D eigenvalue weighted by Gasteiger charge is -2.06. The van der Waals surface area contributed by atoms with Crippen molar-refractivity contribution in [3.63, 3.8) is 0 Å². The van der Waals surface area contributed by atoms with Crippen LogP contribution in [0.3, 0.4) is 0 Å². The first-order valence-electron chi connectivity index (χ1n) is 6.63. The summed E-state index contributed by atoms with van der Waals surface area (Å²) in [4.78, 5) is 15.5. The number of benzene rings is 1. The Morgan fingerprint density at radius 1 is 1.38 bits per heavy atom. The highest BCUT2D eigenvalue weighted by atomic mass is 35.5. The van der Waals surface area contributed by atoms with Gasteiger partial charge in [0, 0.05) is 18.6 Å². The lowest BCUT2D eigenvalue weighted by atomic mass is 10.3. The Morgan fingerprint density at radius 3 is 2.71 bits per heavy atom. The van der Waals surface area contributed by atoms with Crippen LogP contribution >= 0.6 is 11.6 Å². The van der Waals surface area contributed by atoms with Crippen LogP contribution in [-0.4, -0.2) is 27.3 Å². The van der Waals surface area contributed by atoms with E-state index in [-0.39, 0.29) is 5.91 Å². The summed E-state index contributed by atoms with van der Waals surface area (Å²) >= 11 is 5.89. The maximum absolute atomic E-state index is 11.1. The van der Waals surface area contributed by atoms with E-state index in [1.54, 1.807) is 16.8 Å². The molecule has 0 spiro atoms. The van der Waals surface area contributed by atoms with Gasteiger partial charge < -0.3 is 10.1 Å². The number of rotatable bonds is 6. The molecule has 0 aliphatic rings. The average Bonchev–Trinajstić information content (AvgIpc) is 2.87. The number of aromatic nitrogens is 3. The van der Waals surface area contributed by atoms with Crippen LogP contribution in [0, 0.1) is 0 Å². The van der Waals surface area contributed by atoms with Crippen molar-refractivity contribution >= 4 is 17.5 Å². The number of hydrogen-bond acceptors (Lipinski definition) is 4. The molecule has 21 heavy (non-hydrogen) atoms. The third-order valence-electron chi connectivity index (χ3n) is 2.72. The van der Waals surface area contributed by atoms with Gasteiger partial charge in [0.05, 0.1) is 12.2 Å². The van der Waals surface area contributed by atoms with E-state index in [9.17, 15) is 4.79 Å². The van der Waals surface area contributed by atoms with Crippen molar-refractivity contribution in [1.82, 2.24) is 20.1 Å². The summed E-state index contributed by atoms with van der Waals surface area (Å²) in [5.74, 6) is 1.10. The number of carbonyl (C=O) groups is 1. The SMILES string of the molecule is CCOCc1nc(CNC(C)=O)n(-c2ccc(Cl)cc2)n1. The van der Waals surface area contributed by atoms with Gasteiger partial charge in [0.2, 0.25) is 5.91 Å². The molecule has 0 fully saturated rings. The molecule has 0 atom stereocenters. The van der Waals surface area contributed by atoms with Gasteiger partial charge >= 0.3 is 0 Å². The van der Waals surface area contributed by atoms with Gasteiger partial charge in [-0.25, -0.2) is 9.67 Å². The Kier molecular flexibility index (Phi) is 5.30. The second-order valence-electron chi connectivity index (χ2n) is 4.38. The number of halogens is 1. The molecule has 2 aromatic rings. The molecule has 112 valence electrons. The molecule has 0 saturated carbocycles. The van der Waals surface area contributed by atoms with Crippen LogP contribution < -0.4 is 5.32 Å². The molecule has 0 unspecified atom stereocenters. The Bertz CT molecular complexity index is 610. The van der Waals surface area contributed by atoms with Crippen molar-refractivity contribution in [3.8, 4) is 5.69 Å². The molecule has 7 heteroatoms. The fourth-order valence-corrected chi connectivity index (χ4v) is 1.88. The first-order valence-corrected chi connectivity index (χ1v) is 7.01. The monoisotopic (exact) mass is 308 g/mol. The third kappa shape index (κ3) is 4.27. The Morgan fingerprint density at radius 2 is 2.10 bits per heavy atom. The predicted octanol–water partition coefficient (Wildman–Crippen LogP) is 2.09. The van der Waals surface area contributed by atoms with E-state index in [1.807, 2.05) is 19.1 Å². The van der Waals surface area contributed by atoms with Gasteiger partial charge in [-0.1, -0.05) is 11.6 Å². The molecule has 1 amide bonds. The minimum Gasteiger partial charge on any atom is -0.374 e. The fraction of sp³-hybridized carbons (Fsp3) is 0.357. The van der Waals surface area contributed by atoms with E-state index in [0.29, 0.717) is 36.4 Å². The molecule has 0 aliphatic heterocycles. The summed E-state index contributed by atoms with van der Waals surface area (Å²) in [7, 11) is 0. The number of hydrogen-bond donors (Lipinski definition) is 1. The zero-order valence-electron chi connectivity index (χ0n) is 12.0. The molecule has 0 bridgehead atoms. The molecule has 1 heterocycles. The molecular formula is C14H17ClN4O2. The molecule has 0 radical (unpaired) electrons. The largest absolute Gasteiger partial charge is 0.374 e. The van der Waals surface area contributed by atoms with Crippen molar-refractivity contribution < 1.29 is 9.53 Å². The molecule has 1 aromatic heterocycles. The van der Waals surface area contributed by atoms with Gasteiger partial charge in [0.25, 0.3) is 0 Å². The quantitative estimate of drug-likeness (QED) is 0.887. The normalized spacial score (nSPS) is 10.6. The van der Waals surface area contributed by atoms with Crippen LogP contribution in [0.2, 0.25) is 5.02 Å². The Balaban J connectivity index is 2.29. The number of carbonyl (C=O) groups excluding carboxylic acids is 1. The van der Waals surface area contributed by atoms with Crippen molar-refractivity contribution in [1.29, 1.82) is 0 Å². The van der Waals surface area contributed by atoms with E-state index in [1.165, 1.54) is 6.92 Å². The van der Waals surface area contributed by atoms with Crippen LogP contribution in [0.1, 0.15) is 25.5 Å². The van der Waals surface area contributed by atoms with E-state index < -0.39 is 0 Å². The highest BCUT2D eigenvalue weighted by Crippen LogP contribution is 2.15. The third-order valence-corrected chi connectivity index (χ3v) is 2.97. The van der Waals surface area contributed by atoms with Crippen molar-refractivity contribution in [2.24, 2.45) is 0 Å². The zero-order chi connectivity index (χ0) is 15.2. The summed E-state index contributed by atoms with van der Waals surface area (Å²) < 4.78 is 7.00. The standard InChI is InChI=1S/C14H17ClN4O2/c1-3-21-9-13-17-14(8-16-10(2)20)19(18-13)12-6-4-11(15)5-7-12/h4-7H,3,8-9H2,1-2H3,(H,16,20). The maximum Gasteiger partial charge on any atom is 0.217 e. The molecule has 0 aliphatic carbocycles. The average molecular weight is 309 g/mol. The predicted molar refractivity (Wildman–Crippen MR) is 79.2 cm³/mol. The lowest BCUT2D eigenvalue weighted by Crippen LogP contribution is -2.21. The molecular weight excluding hydrogens is 292 g/mol. The number of nitrogens with one attached hydrogen (secondary N) is 1. The van der Waals surface area contributed by atoms with E-state index in [4.69, 9.17) is 16.3 Å². The van der Waals surface area contributed by atoms with Gasteiger partial charge in [-0.05, 0) is 31.2 Å². The minimum absolute atomic E-state index is 0.119. The van der Waals surface area contributed by atoms with Gasteiger partial charge in [0.15, 0.2) is 11.6 Å². The number of amides is 1. The molecule has 1 N–H and O–H groups in total. The second-order valence-corrected chi connectivity index (χ2v) is 4.82. The maximum atomic E-state index is 11.1. The Labute approximate surface area is 128 Å². The molecule has 0 saturated heterocycles. The van der Waals surface area contributed by atoms with E-state index in [0.717, 1.165) is 5.69 Å². The van der Waals surface area contributed by atoms with Crippen LogP contribution in [0.25, 0.3) is 5.69 Å². The van der Waals surface area contributed by atoms with E-state index in [2.05, 4.69) is 15.4 Å². The number of ether oxygens (including phenoxy) is 1. The van der Waals surface area contributed by atoms with Crippen LogP contribution in [0.5, 0.6) is 0 Å². The summed E-state index contributed by atoms with van der Waals surface area (Å²) in [6.07, 6.45) is 0. The minimum atomic E-state index is -0.119. The van der Waals surface area contributed by atoms with Crippen LogP contribution in [-0.2, 0) is 22.7 Å². The summed E-state index contributed by atoms with van der Waals surface area (Å²) in [6, 6.07) is 7.25. The number of nitrogens with zero attached hydrogens (tertiary/aromatic N) is 3. The highest BCUT2D eigenvalue weighted by Gasteiger charge is 2.12. The van der Waals surface area contributed by atoms with Crippen molar-refractivity contribution in [2.75, 3.05) is 6.61 Å². The second kappa shape index (κ2) is 7.19. The summed E-state index contributed by atoms with van der Waals surface area (Å²) in [5.41, 5.74) is 0.829. The summed E-state index contributed by atoms with van der Waals surface area (Å²) in [5, 5.41) is 7.79. The molecule has 6 nitrogen and oxygen atoms in total. The first kappa shape index (κ1) is 15.5. The highest BCUT2D eigenvalue weighted by molar-refractivity contribution is 6.30. The van der Waals surface area contributed by atoms with Gasteiger partial charge in [-0.3, -0.25) is 4.79 Å². The van der Waals surface area contributed by atoms with Crippen molar-refractivity contribution in [3.05, 3.63) is 40.9 Å². The zero-order valence-corrected chi connectivity index (χ0v) is 12.7. The van der Waals surface area contributed by atoms with Gasteiger partial charge in [0.1, 0.15) is 6.61 Å². The van der Waals surface area contributed by atoms with E-state index >= 15 is 0 Å². The lowest BCUT2D eigenvalue weighted by molar-refractivity contribution is -0.119. The van der Waals surface area contributed by atoms with Crippen LogP contribution in [0.4, 0.5) is 0 Å². The smallest absolute Gasteiger partial charge is 0.217 e. The van der Waals surface area contributed by atoms with Gasteiger partial charge in [-0.2, -0.15) is 0 Å². The topological polar surface area (TPSA) is 69.0 Å². The first-order chi connectivity index (χ1) is 10.1. The van der Waals surface area contributed by atoms with Crippen LogP contribution in [0.15, 0.2) is 24.3 Å². The van der Waals surface area contributed by atoms with Crippen molar-refractivity contribution in [2.45, 2.75) is 27.0 Å². The van der Waals surface area contributed by atoms with Gasteiger partial charge in [-0.15, -0.1) is 5.10 Å². The molecule has 1 aromatic carbocycles. The molecule has 2 rings (SSSR count). The Hall–Kier alpha value is -1.92. The summed E-state index contributed by atoms with van der Waals surface area (Å²) in [6.45, 7) is 4.61. The fourth-order valence-electron chi connectivity index (χ4n) is 1.75.